The molecule has 0 saturated carbocycles. The number of likely N-dealkylation sites (N-methyl/N-ethyl adjacent to an activating group) is 1. The Morgan fingerprint density at radius 1 is 1.23 bits per heavy atom. The van der Waals surface area contributed by atoms with E-state index in [1.807, 2.05) is 11.8 Å². The average molecular weight is 383 g/mol. The second-order valence-electron chi connectivity index (χ2n) is 6.77. The molecule has 1 atom stereocenters. The summed E-state index contributed by atoms with van der Waals surface area (Å²) < 4.78 is 28.5. The smallest absolute Gasteiger partial charge is 0.289 e. The molecule has 8 nitrogen and oxygen atoms in total. The van der Waals surface area contributed by atoms with Crippen molar-refractivity contribution in [1.82, 2.24) is 14.7 Å². The third-order valence-corrected chi connectivity index (χ3v) is 6.87. The van der Waals surface area contributed by atoms with Crippen molar-refractivity contribution in [3.63, 3.8) is 0 Å². The number of sulfone groups is 1. The molecule has 26 heavy (non-hydrogen) atoms. The molecule has 2 aliphatic rings. The lowest BCUT2D eigenvalue weighted by Gasteiger charge is -2.36. The van der Waals surface area contributed by atoms with Crippen LogP contribution in [0.2, 0.25) is 0 Å². The van der Waals surface area contributed by atoms with E-state index < -0.39 is 9.84 Å². The summed E-state index contributed by atoms with van der Waals surface area (Å²) >= 11 is 0. The summed E-state index contributed by atoms with van der Waals surface area (Å²) in [5.41, 5.74) is 0. The van der Waals surface area contributed by atoms with Crippen molar-refractivity contribution in [1.29, 1.82) is 0 Å². The molecule has 0 spiro atoms. The molecule has 144 valence electrons. The highest BCUT2D eigenvalue weighted by atomic mass is 32.2. The third-order valence-electron chi connectivity index (χ3n) is 5.12. The monoisotopic (exact) mass is 383 g/mol. The minimum atomic E-state index is -2.97. The number of carbonyl (C=O) groups is 2. The van der Waals surface area contributed by atoms with Crippen molar-refractivity contribution in [3.05, 3.63) is 24.2 Å². The second kappa shape index (κ2) is 7.79. The number of hydrogen-bond acceptors (Lipinski definition) is 6. The first-order valence-electron chi connectivity index (χ1n) is 8.94. The van der Waals surface area contributed by atoms with Crippen LogP contribution in [0, 0.1) is 0 Å². The van der Waals surface area contributed by atoms with Crippen molar-refractivity contribution in [2.45, 2.75) is 19.4 Å². The van der Waals surface area contributed by atoms with Crippen LogP contribution >= 0.6 is 0 Å². The number of hydrogen-bond donors (Lipinski definition) is 0. The van der Waals surface area contributed by atoms with Gasteiger partial charge in [0.25, 0.3) is 5.91 Å². The van der Waals surface area contributed by atoms with Gasteiger partial charge in [0.05, 0.1) is 24.3 Å². The molecule has 2 aliphatic heterocycles. The number of nitrogens with zero attached hydrogens (tertiary/aromatic N) is 3. The zero-order valence-corrected chi connectivity index (χ0v) is 15.8. The largest absolute Gasteiger partial charge is 0.459 e. The Balaban J connectivity index is 1.51. The minimum Gasteiger partial charge on any atom is -0.459 e. The minimum absolute atomic E-state index is 0.0127. The quantitative estimate of drug-likeness (QED) is 0.715. The maximum atomic E-state index is 12.6. The normalized spacial score (nSPS) is 22.8. The SMILES string of the molecule is CCN(CC(=O)N1CCN(C(=O)c2ccco2)CC1)C1CCS(=O)(=O)C1. The lowest BCUT2D eigenvalue weighted by molar-refractivity contribution is -0.134. The van der Waals surface area contributed by atoms with Gasteiger partial charge in [-0.2, -0.15) is 0 Å². The number of furan rings is 1. The van der Waals surface area contributed by atoms with Crippen LogP contribution in [-0.4, -0.2) is 91.7 Å². The Labute approximate surface area is 153 Å². The summed E-state index contributed by atoms with van der Waals surface area (Å²) in [4.78, 5) is 30.2. The van der Waals surface area contributed by atoms with Crippen LogP contribution in [0.3, 0.4) is 0 Å². The zero-order chi connectivity index (χ0) is 18.7. The van der Waals surface area contributed by atoms with Gasteiger partial charge in [0.2, 0.25) is 5.91 Å². The molecule has 1 unspecified atom stereocenters. The zero-order valence-electron chi connectivity index (χ0n) is 15.0. The Kier molecular flexibility index (Phi) is 5.67. The number of rotatable bonds is 5. The van der Waals surface area contributed by atoms with Gasteiger partial charge in [-0.15, -0.1) is 0 Å². The number of carbonyl (C=O) groups excluding carboxylic acids is 2. The molecule has 0 bridgehead atoms. The second-order valence-corrected chi connectivity index (χ2v) is 9.00. The lowest BCUT2D eigenvalue weighted by Crippen LogP contribution is -2.53. The van der Waals surface area contributed by atoms with E-state index in [-0.39, 0.29) is 35.9 Å². The predicted molar refractivity (Wildman–Crippen MR) is 95.5 cm³/mol. The first-order valence-corrected chi connectivity index (χ1v) is 10.8. The fraction of sp³-hybridized carbons (Fsp3) is 0.647. The van der Waals surface area contributed by atoms with Gasteiger partial charge in [0, 0.05) is 32.2 Å². The van der Waals surface area contributed by atoms with E-state index in [0.717, 1.165) is 0 Å². The van der Waals surface area contributed by atoms with Crippen molar-refractivity contribution in [3.8, 4) is 0 Å². The summed E-state index contributed by atoms with van der Waals surface area (Å²) in [6.07, 6.45) is 2.06. The van der Waals surface area contributed by atoms with Crippen LogP contribution in [0.1, 0.15) is 23.9 Å². The molecule has 1 aromatic rings. The number of piperazine rings is 1. The Morgan fingerprint density at radius 2 is 1.92 bits per heavy atom. The molecular formula is C17H25N3O5S. The maximum Gasteiger partial charge on any atom is 0.289 e. The summed E-state index contributed by atoms with van der Waals surface area (Å²) in [6.45, 7) is 4.70. The van der Waals surface area contributed by atoms with Crippen LogP contribution in [0.4, 0.5) is 0 Å². The van der Waals surface area contributed by atoms with Crippen LogP contribution in [0.25, 0.3) is 0 Å². The average Bonchev–Trinajstić information content (AvgIpc) is 3.28. The Hall–Kier alpha value is -1.87. The fourth-order valence-corrected chi connectivity index (χ4v) is 5.31. The van der Waals surface area contributed by atoms with E-state index >= 15 is 0 Å². The van der Waals surface area contributed by atoms with E-state index in [9.17, 15) is 18.0 Å². The van der Waals surface area contributed by atoms with Gasteiger partial charge in [0.1, 0.15) is 0 Å². The maximum absolute atomic E-state index is 12.6. The molecule has 2 saturated heterocycles. The molecule has 0 aliphatic carbocycles. The highest BCUT2D eigenvalue weighted by Gasteiger charge is 2.33. The van der Waals surface area contributed by atoms with Crippen molar-refractivity contribution >= 4 is 21.7 Å². The highest BCUT2D eigenvalue weighted by molar-refractivity contribution is 7.91. The van der Waals surface area contributed by atoms with E-state index in [4.69, 9.17) is 4.42 Å². The molecule has 0 N–H and O–H groups in total. The summed E-state index contributed by atoms with van der Waals surface area (Å²) in [7, 11) is -2.97. The molecule has 0 radical (unpaired) electrons. The van der Waals surface area contributed by atoms with Gasteiger partial charge in [-0.05, 0) is 25.1 Å². The first-order chi connectivity index (χ1) is 12.4. The molecular weight excluding hydrogens is 358 g/mol. The van der Waals surface area contributed by atoms with Crippen LogP contribution in [0.5, 0.6) is 0 Å². The van der Waals surface area contributed by atoms with Crippen LogP contribution in [0.15, 0.2) is 22.8 Å². The van der Waals surface area contributed by atoms with Crippen molar-refractivity contribution in [2.24, 2.45) is 0 Å². The lowest BCUT2D eigenvalue weighted by atomic mass is 10.2. The van der Waals surface area contributed by atoms with E-state index in [1.165, 1.54) is 6.26 Å². The molecule has 9 heteroatoms. The van der Waals surface area contributed by atoms with Crippen molar-refractivity contribution in [2.75, 3.05) is 50.8 Å². The van der Waals surface area contributed by atoms with Gasteiger partial charge in [-0.1, -0.05) is 6.92 Å². The Bertz CT molecular complexity index is 738. The molecule has 0 aromatic carbocycles. The molecule has 3 heterocycles. The van der Waals surface area contributed by atoms with E-state index in [0.29, 0.717) is 44.9 Å². The van der Waals surface area contributed by atoms with E-state index in [1.54, 1.807) is 21.9 Å². The fourth-order valence-electron chi connectivity index (χ4n) is 3.55. The summed E-state index contributed by atoms with van der Waals surface area (Å²) in [5, 5.41) is 0. The topological polar surface area (TPSA) is 91.1 Å². The third kappa shape index (κ3) is 4.27. The molecule has 3 rings (SSSR count). The van der Waals surface area contributed by atoms with Gasteiger partial charge >= 0.3 is 0 Å². The van der Waals surface area contributed by atoms with E-state index in [2.05, 4.69) is 0 Å². The van der Waals surface area contributed by atoms with Crippen LogP contribution < -0.4 is 0 Å². The molecule has 2 fully saturated rings. The molecule has 1 aromatic heterocycles. The van der Waals surface area contributed by atoms with Gasteiger partial charge < -0.3 is 14.2 Å². The van der Waals surface area contributed by atoms with Crippen LogP contribution in [-0.2, 0) is 14.6 Å². The summed E-state index contributed by atoms with van der Waals surface area (Å²) in [5.74, 6) is 0.481. The highest BCUT2D eigenvalue weighted by Crippen LogP contribution is 2.18. The van der Waals surface area contributed by atoms with Gasteiger partial charge in [-0.25, -0.2) is 8.42 Å². The first kappa shape index (κ1) is 18.9. The van der Waals surface area contributed by atoms with Crippen molar-refractivity contribution < 1.29 is 22.4 Å². The predicted octanol–water partition coefficient (Wildman–Crippen LogP) is 0.0730. The number of amides is 2. The van der Waals surface area contributed by atoms with Gasteiger partial charge in [0.15, 0.2) is 15.6 Å². The van der Waals surface area contributed by atoms with Gasteiger partial charge in [-0.3, -0.25) is 14.5 Å². The Morgan fingerprint density at radius 3 is 2.46 bits per heavy atom. The standard InChI is InChI=1S/C17H25N3O5S/c1-2-18(14-5-11-26(23,24)13-14)12-16(21)19-6-8-20(9-7-19)17(22)15-4-3-10-25-15/h3-4,10,14H,2,5-9,11-13H2,1H3. The summed E-state index contributed by atoms with van der Waals surface area (Å²) in [6, 6.07) is 3.24. The molecule has 2 amide bonds.